The van der Waals surface area contributed by atoms with Crippen molar-refractivity contribution < 1.29 is 69.7 Å². The van der Waals surface area contributed by atoms with Gasteiger partial charge in [0.2, 0.25) is 0 Å². The summed E-state index contributed by atoms with van der Waals surface area (Å²) in [4.78, 5) is 0. The van der Waals surface area contributed by atoms with Crippen molar-refractivity contribution in [2.24, 2.45) is 0 Å². The minimum atomic E-state index is -0.363. The van der Waals surface area contributed by atoms with Gasteiger partial charge in [0.25, 0.3) is 0 Å². The standard InChI is InChI=1S/C6HCl5O.2Na.O/c7-1-2(8)4(10)6(12)5(11)3(1)9;;;/h12H;;;/q;2*+1;-2. The van der Waals surface area contributed by atoms with E-state index in [1.165, 1.54) is 0 Å². The molecule has 0 fully saturated rings. The predicted octanol–water partition coefficient (Wildman–Crippen LogP) is -1.45. The van der Waals surface area contributed by atoms with Crippen LogP contribution in [0.5, 0.6) is 5.75 Å². The van der Waals surface area contributed by atoms with Crippen LogP contribution in [0.3, 0.4) is 0 Å². The van der Waals surface area contributed by atoms with Crippen molar-refractivity contribution in [2.45, 2.75) is 0 Å². The molecule has 0 spiro atoms. The van der Waals surface area contributed by atoms with Gasteiger partial charge in [-0.25, -0.2) is 0 Å². The van der Waals surface area contributed by atoms with Crippen LogP contribution in [-0.2, 0) is 5.48 Å². The molecular weight excluding hydrogens is 327 g/mol. The summed E-state index contributed by atoms with van der Waals surface area (Å²) in [6, 6.07) is 0. The zero-order valence-corrected chi connectivity index (χ0v) is 15.5. The molecule has 0 aliphatic heterocycles. The molecule has 1 aromatic carbocycles. The SMILES string of the molecule is Oc1c(Cl)c(Cl)c(Cl)c(Cl)c1Cl.[Na+].[Na+].[O-2]. The third-order valence-electron chi connectivity index (χ3n) is 1.19. The van der Waals surface area contributed by atoms with Crippen LogP contribution in [0.4, 0.5) is 0 Å². The number of hydrogen-bond acceptors (Lipinski definition) is 1. The summed E-state index contributed by atoms with van der Waals surface area (Å²) in [6.07, 6.45) is 0. The molecule has 0 amide bonds. The van der Waals surface area contributed by atoms with E-state index in [1.807, 2.05) is 0 Å². The molecule has 0 saturated heterocycles. The topological polar surface area (TPSA) is 48.7 Å². The molecule has 74 valence electrons. The molecule has 0 aliphatic rings. The summed E-state index contributed by atoms with van der Waals surface area (Å²) in [7, 11) is 0. The van der Waals surface area contributed by atoms with Gasteiger partial charge in [0.05, 0.1) is 15.1 Å². The van der Waals surface area contributed by atoms with Crippen molar-refractivity contribution in [3.8, 4) is 5.75 Å². The van der Waals surface area contributed by atoms with Crippen molar-refractivity contribution in [2.75, 3.05) is 0 Å². The maximum absolute atomic E-state index is 9.20. The molecule has 9 heteroatoms. The van der Waals surface area contributed by atoms with E-state index >= 15 is 0 Å². The van der Waals surface area contributed by atoms with Gasteiger partial charge in [0, 0.05) is 0 Å². The van der Waals surface area contributed by atoms with E-state index in [0.29, 0.717) is 0 Å². The quantitative estimate of drug-likeness (QED) is 0.354. The van der Waals surface area contributed by atoms with Gasteiger partial charge >= 0.3 is 59.1 Å². The van der Waals surface area contributed by atoms with Crippen LogP contribution in [0.25, 0.3) is 0 Å². The average molecular weight is 328 g/mol. The second kappa shape index (κ2) is 9.37. The molecule has 0 radical (unpaired) electrons. The minimum Gasteiger partial charge on any atom is -2.00 e. The number of aromatic hydroxyl groups is 1. The smallest absolute Gasteiger partial charge is 1.00 e. The van der Waals surface area contributed by atoms with Gasteiger partial charge < -0.3 is 10.6 Å². The summed E-state index contributed by atoms with van der Waals surface area (Å²) in [5.74, 6) is -0.363. The molecule has 0 atom stereocenters. The van der Waals surface area contributed by atoms with E-state index in [0.717, 1.165) is 0 Å². The third kappa shape index (κ3) is 4.90. The first kappa shape index (κ1) is 22.6. The number of phenolic OH excluding ortho intramolecular Hbond substituents is 1. The van der Waals surface area contributed by atoms with Gasteiger partial charge in [-0.3, -0.25) is 0 Å². The van der Waals surface area contributed by atoms with Crippen LogP contribution in [0.15, 0.2) is 0 Å². The Morgan fingerprint density at radius 3 is 1.07 bits per heavy atom. The largest absolute Gasteiger partial charge is 2.00 e. The monoisotopic (exact) mass is 326 g/mol. The molecule has 0 saturated carbocycles. The van der Waals surface area contributed by atoms with Crippen LogP contribution < -0.4 is 59.1 Å². The molecule has 1 N–H and O–H groups in total. The molecule has 0 unspecified atom stereocenters. The van der Waals surface area contributed by atoms with Gasteiger partial charge in [0.1, 0.15) is 10.0 Å². The second-order valence-corrected chi connectivity index (χ2v) is 3.81. The van der Waals surface area contributed by atoms with Gasteiger partial charge in [-0.05, 0) is 0 Å². The molecule has 0 bridgehead atoms. The van der Waals surface area contributed by atoms with Gasteiger partial charge in [-0.1, -0.05) is 58.0 Å². The molecule has 1 aromatic rings. The van der Waals surface area contributed by atoms with Crippen molar-refractivity contribution in [1.29, 1.82) is 0 Å². The van der Waals surface area contributed by atoms with Crippen LogP contribution in [0, 0.1) is 0 Å². The predicted molar refractivity (Wildman–Crippen MR) is 53.8 cm³/mol. The van der Waals surface area contributed by atoms with E-state index in [-0.39, 0.29) is 95.5 Å². The minimum absolute atomic E-state index is 0. The first-order chi connectivity index (χ1) is 5.46. The Kier molecular flexibility index (Phi) is 14.1. The molecule has 15 heavy (non-hydrogen) atoms. The Balaban J connectivity index is -0.000000480. The Morgan fingerprint density at radius 2 is 0.800 bits per heavy atom. The first-order valence-electron chi connectivity index (χ1n) is 2.67. The molecule has 2 nitrogen and oxygen atoms in total. The average Bonchev–Trinajstić information content (AvgIpc) is 2.08. The van der Waals surface area contributed by atoms with E-state index in [1.54, 1.807) is 0 Å². The van der Waals surface area contributed by atoms with Crippen molar-refractivity contribution in [3.05, 3.63) is 25.1 Å². The van der Waals surface area contributed by atoms with Crippen LogP contribution in [0.1, 0.15) is 0 Å². The van der Waals surface area contributed by atoms with E-state index in [9.17, 15) is 5.11 Å². The Labute approximate surface area is 156 Å². The van der Waals surface area contributed by atoms with Crippen LogP contribution >= 0.6 is 58.0 Å². The van der Waals surface area contributed by atoms with Gasteiger partial charge in [-0.2, -0.15) is 0 Å². The van der Waals surface area contributed by atoms with Crippen molar-refractivity contribution in [1.82, 2.24) is 0 Å². The first-order valence-corrected chi connectivity index (χ1v) is 4.56. The summed E-state index contributed by atoms with van der Waals surface area (Å²) in [5, 5.41) is 9.01. The molecule has 0 aromatic heterocycles. The van der Waals surface area contributed by atoms with Crippen LogP contribution in [-0.4, -0.2) is 5.11 Å². The number of hydrogen-bond donors (Lipinski definition) is 1. The number of halogens is 5. The summed E-state index contributed by atoms with van der Waals surface area (Å²) >= 11 is 27.9. The maximum atomic E-state index is 9.20. The number of phenols is 1. The fourth-order valence-electron chi connectivity index (χ4n) is 0.593. The van der Waals surface area contributed by atoms with Crippen molar-refractivity contribution >= 4 is 58.0 Å². The Morgan fingerprint density at radius 1 is 0.600 bits per heavy atom. The Hall–Kier alpha value is 2.43. The molecule has 1 rings (SSSR count). The number of benzene rings is 1. The van der Waals surface area contributed by atoms with Crippen molar-refractivity contribution in [3.63, 3.8) is 0 Å². The molecule has 0 aliphatic carbocycles. The zero-order chi connectivity index (χ0) is 9.46. The van der Waals surface area contributed by atoms with E-state index in [2.05, 4.69) is 0 Å². The fourth-order valence-corrected chi connectivity index (χ4v) is 1.72. The van der Waals surface area contributed by atoms with Gasteiger partial charge in [-0.15, -0.1) is 0 Å². The Bertz CT molecular complexity index is 242. The van der Waals surface area contributed by atoms with Crippen LogP contribution in [0.2, 0.25) is 25.1 Å². The number of rotatable bonds is 0. The molecule has 0 heterocycles. The fraction of sp³-hybridized carbons (Fsp3) is 0. The maximum Gasteiger partial charge on any atom is 1.00 e. The molecular formula is C6HCl5Na2O2. The summed E-state index contributed by atoms with van der Waals surface area (Å²) < 4.78 is 0. The summed E-state index contributed by atoms with van der Waals surface area (Å²) in [6.45, 7) is 0. The zero-order valence-electron chi connectivity index (χ0n) is 7.75. The normalized spacial score (nSPS) is 8.33. The summed E-state index contributed by atoms with van der Waals surface area (Å²) in [5.41, 5.74) is 0. The third-order valence-corrected chi connectivity index (χ3v) is 3.44. The van der Waals surface area contributed by atoms with E-state index < -0.39 is 0 Å². The second-order valence-electron chi connectivity index (χ2n) is 1.92. The van der Waals surface area contributed by atoms with Gasteiger partial charge in [0.15, 0.2) is 5.75 Å². The van der Waals surface area contributed by atoms with E-state index in [4.69, 9.17) is 58.0 Å².